The number of thiophene rings is 1. The fourth-order valence-electron chi connectivity index (χ4n) is 2.03. The van der Waals surface area contributed by atoms with E-state index >= 15 is 0 Å². The van der Waals surface area contributed by atoms with Crippen LogP contribution in [0.4, 0.5) is 0 Å². The predicted octanol–water partition coefficient (Wildman–Crippen LogP) is 3.24. The molecular formula is C16H24N4S2. The van der Waals surface area contributed by atoms with Crippen LogP contribution in [0.25, 0.3) is 0 Å². The van der Waals surface area contributed by atoms with E-state index in [0.717, 1.165) is 44.0 Å². The van der Waals surface area contributed by atoms with Gasteiger partial charge in [-0.1, -0.05) is 13.8 Å². The van der Waals surface area contributed by atoms with Gasteiger partial charge in [0.15, 0.2) is 5.96 Å². The molecule has 0 bridgehead atoms. The molecule has 0 fully saturated rings. The molecule has 2 heterocycles. The third-order valence-electron chi connectivity index (χ3n) is 3.29. The van der Waals surface area contributed by atoms with Gasteiger partial charge in [0, 0.05) is 35.1 Å². The van der Waals surface area contributed by atoms with Crippen LogP contribution in [0.15, 0.2) is 22.5 Å². The molecule has 22 heavy (non-hydrogen) atoms. The van der Waals surface area contributed by atoms with Crippen LogP contribution in [0.3, 0.4) is 0 Å². The molecule has 0 saturated heterocycles. The number of rotatable bonds is 7. The molecule has 4 nitrogen and oxygen atoms in total. The van der Waals surface area contributed by atoms with E-state index < -0.39 is 0 Å². The number of nitrogens with one attached hydrogen (secondary N) is 2. The number of nitrogens with zero attached hydrogens (tertiary/aromatic N) is 2. The van der Waals surface area contributed by atoms with Gasteiger partial charge in [-0.05, 0) is 25.0 Å². The molecule has 6 heteroatoms. The molecule has 0 unspecified atom stereocenters. The van der Waals surface area contributed by atoms with E-state index in [1.54, 1.807) is 18.4 Å². The summed E-state index contributed by atoms with van der Waals surface area (Å²) in [6.07, 6.45) is 3.04. The minimum absolute atomic E-state index is 0.820. The minimum Gasteiger partial charge on any atom is -0.356 e. The van der Waals surface area contributed by atoms with Crippen LogP contribution >= 0.6 is 22.7 Å². The molecule has 2 rings (SSSR count). The highest BCUT2D eigenvalue weighted by Crippen LogP contribution is 2.16. The second kappa shape index (κ2) is 8.90. The summed E-state index contributed by atoms with van der Waals surface area (Å²) in [5, 5.41) is 10.1. The van der Waals surface area contributed by atoms with Gasteiger partial charge in [-0.2, -0.15) is 0 Å². The van der Waals surface area contributed by atoms with Gasteiger partial charge in [0.1, 0.15) is 0 Å². The highest BCUT2D eigenvalue weighted by atomic mass is 32.1. The Morgan fingerprint density at radius 1 is 1.18 bits per heavy atom. The second-order valence-electron chi connectivity index (χ2n) is 4.91. The first kappa shape index (κ1) is 17.0. The van der Waals surface area contributed by atoms with Crippen molar-refractivity contribution in [2.75, 3.05) is 13.6 Å². The highest BCUT2D eigenvalue weighted by Gasteiger charge is 2.03. The third-order valence-corrected chi connectivity index (χ3v) is 5.57. The van der Waals surface area contributed by atoms with Crippen molar-refractivity contribution in [3.63, 3.8) is 0 Å². The summed E-state index contributed by atoms with van der Waals surface area (Å²) in [6.45, 7) is 5.99. The minimum atomic E-state index is 0.820. The van der Waals surface area contributed by atoms with Crippen LogP contribution in [-0.2, 0) is 25.8 Å². The smallest absolute Gasteiger partial charge is 0.191 e. The number of hydrogen-bond acceptors (Lipinski definition) is 4. The average Bonchev–Trinajstić information content (AvgIpc) is 3.19. The largest absolute Gasteiger partial charge is 0.356 e. The van der Waals surface area contributed by atoms with Crippen LogP contribution in [0.1, 0.15) is 34.3 Å². The zero-order valence-electron chi connectivity index (χ0n) is 13.5. The van der Waals surface area contributed by atoms with Crippen LogP contribution in [-0.4, -0.2) is 24.5 Å². The number of aromatic nitrogens is 1. The number of aryl methyl sites for hydroxylation is 2. The Hall–Kier alpha value is -1.40. The van der Waals surface area contributed by atoms with Crippen molar-refractivity contribution in [2.45, 2.75) is 39.7 Å². The van der Waals surface area contributed by atoms with Crippen LogP contribution in [0.2, 0.25) is 0 Å². The summed E-state index contributed by atoms with van der Waals surface area (Å²) in [5.74, 6) is 0.845. The lowest BCUT2D eigenvalue weighted by molar-refractivity contribution is 0.788. The lowest BCUT2D eigenvalue weighted by Crippen LogP contribution is -2.37. The Morgan fingerprint density at radius 2 is 2.00 bits per heavy atom. The summed E-state index contributed by atoms with van der Waals surface area (Å²) >= 11 is 3.60. The van der Waals surface area contributed by atoms with Gasteiger partial charge in [-0.25, -0.2) is 4.98 Å². The van der Waals surface area contributed by atoms with E-state index in [1.165, 1.54) is 14.8 Å². The van der Waals surface area contributed by atoms with E-state index in [9.17, 15) is 0 Å². The normalized spacial score (nSPS) is 11.7. The maximum absolute atomic E-state index is 4.58. The zero-order chi connectivity index (χ0) is 15.8. The Labute approximate surface area is 140 Å². The molecule has 0 amide bonds. The maximum atomic E-state index is 4.58. The zero-order valence-corrected chi connectivity index (χ0v) is 15.1. The Bertz CT molecular complexity index is 601. The van der Waals surface area contributed by atoms with E-state index in [0.29, 0.717) is 0 Å². The Morgan fingerprint density at radius 3 is 2.64 bits per heavy atom. The first-order chi connectivity index (χ1) is 10.7. The SMILES string of the molecule is CCc1ccc(CNC(=NC)NCCc2csc(CC)n2)s1. The molecule has 0 radical (unpaired) electrons. The first-order valence-electron chi connectivity index (χ1n) is 7.70. The van der Waals surface area contributed by atoms with E-state index in [1.807, 2.05) is 11.3 Å². The Balaban J connectivity index is 1.72. The van der Waals surface area contributed by atoms with Gasteiger partial charge in [0.05, 0.1) is 17.2 Å². The molecule has 0 aliphatic rings. The van der Waals surface area contributed by atoms with Crippen molar-refractivity contribution in [2.24, 2.45) is 4.99 Å². The van der Waals surface area contributed by atoms with Crippen LogP contribution < -0.4 is 10.6 Å². The number of hydrogen-bond donors (Lipinski definition) is 2. The van der Waals surface area contributed by atoms with E-state index in [-0.39, 0.29) is 0 Å². The quantitative estimate of drug-likeness (QED) is 0.603. The molecule has 0 aromatic carbocycles. The standard InChI is InChI=1S/C16H24N4S2/c1-4-13-6-7-14(22-13)10-19-16(17-3)18-9-8-12-11-21-15(5-2)20-12/h6-7,11H,4-5,8-10H2,1-3H3,(H2,17,18,19). The number of thiazole rings is 1. The van der Waals surface area contributed by atoms with Crippen LogP contribution in [0.5, 0.6) is 0 Å². The molecular weight excluding hydrogens is 312 g/mol. The summed E-state index contributed by atoms with van der Waals surface area (Å²) in [5.41, 5.74) is 1.16. The lowest BCUT2D eigenvalue weighted by atomic mass is 10.3. The van der Waals surface area contributed by atoms with Crippen molar-refractivity contribution in [1.82, 2.24) is 15.6 Å². The van der Waals surface area contributed by atoms with Gasteiger partial charge in [0.2, 0.25) is 0 Å². The summed E-state index contributed by atoms with van der Waals surface area (Å²) in [7, 11) is 1.80. The summed E-state index contributed by atoms with van der Waals surface area (Å²) < 4.78 is 0. The molecule has 0 saturated carbocycles. The molecule has 0 atom stereocenters. The van der Waals surface area contributed by atoms with Crippen molar-refractivity contribution < 1.29 is 0 Å². The fraction of sp³-hybridized carbons (Fsp3) is 0.500. The van der Waals surface area contributed by atoms with Crippen molar-refractivity contribution in [1.29, 1.82) is 0 Å². The molecule has 2 aromatic rings. The monoisotopic (exact) mass is 336 g/mol. The van der Waals surface area contributed by atoms with Gasteiger partial charge in [-0.15, -0.1) is 22.7 Å². The van der Waals surface area contributed by atoms with E-state index in [2.05, 4.69) is 52.0 Å². The van der Waals surface area contributed by atoms with Gasteiger partial charge in [-0.3, -0.25) is 4.99 Å². The molecule has 2 N–H and O–H groups in total. The fourth-order valence-corrected chi connectivity index (χ4v) is 3.71. The lowest BCUT2D eigenvalue weighted by Gasteiger charge is -2.10. The summed E-state index contributed by atoms with van der Waals surface area (Å²) in [6, 6.07) is 4.39. The highest BCUT2D eigenvalue weighted by molar-refractivity contribution is 7.12. The second-order valence-corrected chi connectivity index (χ2v) is 7.11. The maximum Gasteiger partial charge on any atom is 0.191 e. The van der Waals surface area contributed by atoms with Gasteiger partial charge >= 0.3 is 0 Å². The number of aliphatic imine (C=N–C) groups is 1. The number of guanidine groups is 1. The van der Waals surface area contributed by atoms with Gasteiger partial charge < -0.3 is 10.6 Å². The molecule has 2 aromatic heterocycles. The first-order valence-corrected chi connectivity index (χ1v) is 9.40. The van der Waals surface area contributed by atoms with E-state index in [4.69, 9.17) is 0 Å². The molecule has 0 spiro atoms. The van der Waals surface area contributed by atoms with Crippen molar-refractivity contribution in [3.8, 4) is 0 Å². The summed E-state index contributed by atoms with van der Waals surface area (Å²) in [4.78, 5) is 11.6. The van der Waals surface area contributed by atoms with Crippen molar-refractivity contribution >= 4 is 28.6 Å². The van der Waals surface area contributed by atoms with Crippen molar-refractivity contribution in [3.05, 3.63) is 38.0 Å². The Kier molecular flexibility index (Phi) is 6.86. The topological polar surface area (TPSA) is 49.3 Å². The van der Waals surface area contributed by atoms with Gasteiger partial charge in [0.25, 0.3) is 0 Å². The third kappa shape index (κ3) is 5.10. The molecule has 0 aliphatic heterocycles. The molecule has 0 aliphatic carbocycles. The average molecular weight is 337 g/mol. The predicted molar refractivity (Wildman–Crippen MR) is 97.1 cm³/mol. The molecule has 120 valence electrons. The van der Waals surface area contributed by atoms with Crippen LogP contribution in [0, 0.1) is 0 Å².